The van der Waals surface area contributed by atoms with E-state index in [-0.39, 0.29) is 5.91 Å². The number of rotatable bonds is 8. The molecule has 0 aliphatic heterocycles. The zero-order chi connectivity index (χ0) is 20.6. The average molecular weight is 407 g/mol. The number of carbonyl (C=O) groups excluding carboxylic acids is 1. The first-order valence-corrected chi connectivity index (χ1v) is 10.4. The van der Waals surface area contributed by atoms with Gasteiger partial charge < -0.3 is 9.80 Å². The Morgan fingerprint density at radius 1 is 0.793 bits per heavy atom. The monoisotopic (exact) mass is 406 g/mol. The number of amides is 1. The standard InChI is InChI=1S/C25H27ClN2O/c1-3-27(4-2)25(29)23-16-15-22(26)17-24(23)28(18-20-11-7-5-8-12-20)19-21-13-9-6-10-14-21/h5-17H,3-4,18-19H2,1-2H3. The molecule has 0 saturated carbocycles. The predicted octanol–water partition coefficient (Wildman–Crippen LogP) is 6.03. The molecule has 0 heterocycles. The summed E-state index contributed by atoms with van der Waals surface area (Å²) in [7, 11) is 0. The molecule has 0 fully saturated rings. The average Bonchev–Trinajstić information content (AvgIpc) is 2.75. The molecule has 3 aromatic carbocycles. The van der Waals surface area contributed by atoms with Crippen molar-refractivity contribution < 1.29 is 4.79 Å². The van der Waals surface area contributed by atoms with E-state index in [1.807, 2.05) is 67.3 Å². The Balaban J connectivity index is 2.04. The molecule has 0 aromatic heterocycles. The van der Waals surface area contributed by atoms with Gasteiger partial charge in [-0.2, -0.15) is 0 Å². The molecule has 0 bridgehead atoms. The summed E-state index contributed by atoms with van der Waals surface area (Å²) in [6, 6.07) is 26.2. The summed E-state index contributed by atoms with van der Waals surface area (Å²) < 4.78 is 0. The topological polar surface area (TPSA) is 23.6 Å². The Morgan fingerprint density at radius 2 is 1.31 bits per heavy atom. The van der Waals surface area contributed by atoms with Crippen LogP contribution in [-0.2, 0) is 13.1 Å². The second-order valence-corrected chi connectivity index (χ2v) is 7.40. The fourth-order valence-corrected chi connectivity index (χ4v) is 3.63. The van der Waals surface area contributed by atoms with Gasteiger partial charge >= 0.3 is 0 Å². The predicted molar refractivity (Wildman–Crippen MR) is 121 cm³/mol. The van der Waals surface area contributed by atoms with E-state index in [9.17, 15) is 4.79 Å². The van der Waals surface area contributed by atoms with Crippen LogP contribution in [0, 0.1) is 0 Å². The lowest BCUT2D eigenvalue weighted by Crippen LogP contribution is -2.32. The van der Waals surface area contributed by atoms with Gasteiger partial charge in [0.1, 0.15) is 0 Å². The second kappa shape index (κ2) is 10.1. The lowest BCUT2D eigenvalue weighted by Gasteiger charge is -2.29. The van der Waals surface area contributed by atoms with Crippen molar-refractivity contribution in [3.05, 3.63) is 101 Å². The number of nitrogens with zero attached hydrogens (tertiary/aromatic N) is 2. The number of hydrogen-bond acceptors (Lipinski definition) is 2. The van der Waals surface area contributed by atoms with Crippen molar-refractivity contribution in [3.63, 3.8) is 0 Å². The molecule has 4 heteroatoms. The number of carbonyl (C=O) groups is 1. The summed E-state index contributed by atoms with van der Waals surface area (Å²) in [4.78, 5) is 17.3. The van der Waals surface area contributed by atoms with Crippen LogP contribution in [0.15, 0.2) is 78.9 Å². The molecule has 0 aliphatic rings. The van der Waals surface area contributed by atoms with Gasteiger partial charge in [-0.05, 0) is 43.2 Å². The lowest BCUT2D eigenvalue weighted by atomic mass is 10.1. The maximum absolute atomic E-state index is 13.2. The minimum Gasteiger partial charge on any atom is -0.362 e. The second-order valence-electron chi connectivity index (χ2n) is 6.97. The van der Waals surface area contributed by atoms with E-state index < -0.39 is 0 Å². The summed E-state index contributed by atoms with van der Waals surface area (Å²) >= 11 is 6.37. The molecule has 29 heavy (non-hydrogen) atoms. The zero-order valence-corrected chi connectivity index (χ0v) is 17.8. The number of halogens is 1. The smallest absolute Gasteiger partial charge is 0.255 e. The number of anilines is 1. The molecule has 0 N–H and O–H groups in total. The van der Waals surface area contributed by atoms with E-state index >= 15 is 0 Å². The molecule has 0 saturated heterocycles. The molecule has 0 unspecified atom stereocenters. The summed E-state index contributed by atoms with van der Waals surface area (Å²) in [5.74, 6) is 0.0350. The molecule has 3 nitrogen and oxygen atoms in total. The zero-order valence-electron chi connectivity index (χ0n) is 17.0. The maximum atomic E-state index is 13.2. The minimum atomic E-state index is 0.0350. The fraction of sp³-hybridized carbons (Fsp3) is 0.240. The SMILES string of the molecule is CCN(CC)C(=O)c1ccc(Cl)cc1N(Cc1ccccc1)Cc1ccccc1. The van der Waals surface area contributed by atoms with Crippen LogP contribution in [0.25, 0.3) is 0 Å². The highest BCUT2D eigenvalue weighted by atomic mass is 35.5. The molecule has 0 atom stereocenters. The first-order valence-electron chi connectivity index (χ1n) is 10.0. The van der Waals surface area contributed by atoms with Gasteiger partial charge in [0.05, 0.1) is 11.3 Å². The van der Waals surface area contributed by atoms with Gasteiger partial charge in [0.15, 0.2) is 0 Å². The molecule has 3 rings (SSSR count). The third kappa shape index (κ3) is 5.39. The molecule has 1 amide bonds. The van der Waals surface area contributed by atoms with Crippen molar-refractivity contribution in [3.8, 4) is 0 Å². The Bertz CT molecular complexity index is 883. The highest BCUT2D eigenvalue weighted by Gasteiger charge is 2.21. The van der Waals surface area contributed by atoms with E-state index in [1.165, 1.54) is 11.1 Å². The van der Waals surface area contributed by atoms with Gasteiger partial charge in [0.2, 0.25) is 0 Å². The summed E-state index contributed by atoms with van der Waals surface area (Å²) in [5, 5.41) is 0.627. The fourth-order valence-electron chi connectivity index (χ4n) is 3.46. The molecule has 0 radical (unpaired) electrons. The highest BCUT2D eigenvalue weighted by Crippen LogP contribution is 2.29. The van der Waals surface area contributed by atoms with E-state index in [0.717, 1.165) is 5.69 Å². The Kier molecular flexibility index (Phi) is 7.31. The summed E-state index contributed by atoms with van der Waals surface area (Å²) in [5.41, 5.74) is 3.92. The van der Waals surface area contributed by atoms with E-state index in [1.54, 1.807) is 6.07 Å². The van der Waals surface area contributed by atoms with Crippen molar-refractivity contribution in [2.45, 2.75) is 26.9 Å². The maximum Gasteiger partial charge on any atom is 0.255 e. The normalized spacial score (nSPS) is 10.6. The van der Waals surface area contributed by atoms with Crippen LogP contribution in [0.2, 0.25) is 5.02 Å². The quantitative estimate of drug-likeness (QED) is 0.456. The first-order chi connectivity index (χ1) is 14.1. The Morgan fingerprint density at radius 3 is 1.79 bits per heavy atom. The third-order valence-corrected chi connectivity index (χ3v) is 5.25. The van der Waals surface area contributed by atoms with Crippen molar-refractivity contribution >= 4 is 23.2 Å². The van der Waals surface area contributed by atoms with Crippen LogP contribution in [0.4, 0.5) is 5.69 Å². The molecule has 3 aromatic rings. The van der Waals surface area contributed by atoms with E-state index in [4.69, 9.17) is 11.6 Å². The van der Waals surface area contributed by atoms with Gasteiger partial charge in [0.25, 0.3) is 5.91 Å². The highest BCUT2D eigenvalue weighted by molar-refractivity contribution is 6.31. The Hall–Kier alpha value is -2.78. The minimum absolute atomic E-state index is 0.0350. The number of hydrogen-bond donors (Lipinski definition) is 0. The molecule has 0 spiro atoms. The van der Waals surface area contributed by atoms with Crippen LogP contribution >= 0.6 is 11.6 Å². The molecule has 150 valence electrons. The van der Waals surface area contributed by atoms with Crippen molar-refractivity contribution in [1.82, 2.24) is 4.90 Å². The van der Waals surface area contributed by atoms with Crippen LogP contribution in [0.3, 0.4) is 0 Å². The van der Waals surface area contributed by atoms with E-state index in [2.05, 4.69) is 29.2 Å². The van der Waals surface area contributed by atoms with Crippen LogP contribution < -0.4 is 4.90 Å². The first kappa shape index (κ1) is 20.9. The largest absolute Gasteiger partial charge is 0.362 e. The van der Waals surface area contributed by atoms with Gasteiger partial charge in [0, 0.05) is 31.2 Å². The van der Waals surface area contributed by atoms with Gasteiger partial charge in [-0.1, -0.05) is 72.3 Å². The Labute approximate surface area is 178 Å². The third-order valence-electron chi connectivity index (χ3n) is 5.01. The van der Waals surface area contributed by atoms with Gasteiger partial charge in [-0.15, -0.1) is 0 Å². The van der Waals surface area contributed by atoms with Gasteiger partial charge in [-0.3, -0.25) is 4.79 Å². The van der Waals surface area contributed by atoms with Crippen molar-refractivity contribution in [2.24, 2.45) is 0 Å². The van der Waals surface area contributed by atoms with Crippen molar-refractivity contribution in [1.29, 1.82) is 0 Å². The molecule has 0 aliphatic carbocycles. The number of benzene rings is 3. The van der Waals surface area contributed by atoms with Crippen LogP contribution in [-0.4, -0.2) is 23.9 Å². The van der Waals surface area contributed by atoms with Crippen LogP contribution in [0.5, 0.6) is 0 Å². The van der Waals surface area contributed by atoms with E-state index in [0.29, 0.717) is 36.8 Å². The summed E-state index contributed by atoms with van der Waals surface area (Å²) in [6.07, 6.45) is 0. The lowest BCUT2D eigenvalue weighted by molar-refractivity contribution is 0.0773. The van der Waals surface area contributed by atoms with Gasteiger partial charge in [-0.25, -0.2) is 0 Å². The molecular formula is C25H27ClN2O. The van der Waals surface area contributed by atoms with Crippen molar-refractivity contribution in [2.75, 3.05) is 18.0 Å². The molecular weight excluding hydrogens is 380 g/mol. The summed E-state index contributed by atoms with van der Waals surface area (Å²) in [6.45, 7) is 6.73. The van der Waals surface area contributed by atoms with Crippen LogP contribution in [0.1, 0.15) is 35.3 Å².